The molecule has 0 spiro atoms. The molecule has 0 aliphatic carbocycles. The van der Waals surface area contributed by atoms with E-state index in [1.807, 2.05) is 12.1 Å². The summed E-state index contributed by atoms with van der Waals surface area (Å²) in [6, 6.07) is 15.4. The van der Waals surface area contributed by atoms with Crippen molar-refractivity contribution in [2.75, 3.05) is 37.2 Å². The summed E-state index contributed by atoms with van der Waals surface area (Å²) < 4.78 is 26.8. The first-order valence-electron chi connectivity index (χ1n) is 13.4. The lowest BCUT2D eigenvalue weighted by atomic mass is 10.1. The van der Waals surface area contributed by atoms with Crippen molar-refractivity contribution in [3.63, 3.8) is 0 Å². The van der Waals surface area contributed by atoms with Gasteiger partial charge in [-0.2, -0.15) is 0 Å². The third-order valence-electron chi connectivity index (χ3n) is 7.01. The number of thiophene rings is 1. The van der Waals surface area contributed by atoms with Gasteiger partial charge in [0, 0.05) is 18.7 Å². The van der Waals surface area contributed by atoms with Crippen LogP contribution in [0.25, 0.3) is 16.6 Å². The van der Waals surface area contributed by atoms with Crippen molar-refractivity contribution in [3.05, 3.63) is 81.2 Å². The summed E-state index contributed by atoms with van der Waals surface area (Å²) >= 11 is 6.77. The van der Waals surface area contributed by atoms with E-state index in [1.165, 1.54) is 55.4 Å². The van der Waals surface area contributed by atoms with Crippen molar-refractivity contribution in [3.8, 4) is 5.69 Å². The van der Waals surface area contributed by atoms with Gasteiger partial charge in [-0.15, -0.1) is 11.3 Å². The molecule has 2 aromatic heterocycles. The highest BCUT2D eigenvalue weighted by Gasteiger charge is 2.21. The summed E-state index contributed by atoms with van der Waals surface area (Å²) in [4.78, 5) is 32.7. The van der Waals surface area contributed by atoms with E-state index in [1.54, 1.807) is 30.3 Å². The van der Waals surface area contributed by atoms with E-state index >= 15 is 0 Å². The number of nitrogens with zero attached hydrogens (tertiary/aromatic N) is 3. The maximum atomic E-state index is 13.2. The molecule has 11 heteroatoms. The van der Waals surface area contributed by atoms with E-state index in [9.17, 15) is 18.0 Å². The zero-order chi connectivity index (χ0) is 28.1. The molecule has 1 fully saturated rings. The van der Waals surface area contributed by atoms with Gasteiger partial charge in [0.25, 0.3) is 5.56 Å². The van der Waals surface area contributed by atoms with E-state index < -0.39 is 21.4 Å². The molecular weight excluding hydrogens is 568 g/mol. The number of benzene rings is 2. The number of carbonyl (C=O) groups excluding carboxylic acids is 1. The summed E-state index contributed by atoms with van der Waals surface area (Å²) in [5, 5.41) is 3.96. The predicted octanol–water partition coefficient (Wildman–Crippen LogP) is 4.97. The first-order chi connectivity index (χ1) is 19.3. The van der Waals surface area contributed by atoms with Gasteiger partial charge in [0.15, 0.2) is 15.6 Å². The number of nitrogens with one attached hydrogen (secondary N) is 1. The van der Waals surface area contributed by atoms with Crippen molar-refractivity contribution in [1.82, 2.24) is 14.5 Å². The fraction of sp³-hybridized carbons (Fsp3) is 0.345. The van der Waals surface area contributed by atoms with Gasteiger partial charge < -0.3 is 10.2 Å². The smallest absolute Gasteiger partial charge is 0.265 e. The Kier molecular flexibility index (Phi) is 9.00. The lowest BCUT2D eigenvalue weighted by Gasteiger charge is -2.26. The second-order valence-corrected chi connectivity index (χ2v) is 14.0. The zero-order valence-corrected chi connectivity index (χ0v) is 24.4. The fourth-order valence-corrected chi connectivity index (χ4v) is 7.75. The number of hydrogen-bond donors (Lipinski definition) is 1. The molecule has 0 radical (unpaired) electrons. The van der Waals surface area contributed by atoms with Gasteiger partial charge in [-0.05, 0) is 86.9 Å². The number of carbonyl (C=O) groups is 1. The Morgan fingerprint density at radius 3 is 2.52 bits per heavy atom. The van der Waals surface area contributed by atoms with Crippen molar-refractivity contribution >= 4 is 55.1 Å². The van der Waals surface area contributed by atoms with Crippen LogP contribution < -0.4 is 10.9 Å². The Morgan fingerprint density at radius 1 is 1.02 bits per heavy atom. The third kappa shape index (κ3) is 6.98. The van der Waals surface area contributed by atoms with Crippen molar-refractivity contribution in [2.24, 2.45) is 0 Å². The molecule has 1 N–H and O–H groups in total. The number of piperidine rings is 1. The predicted molar refractivity (Wildman–Crippen MR) is 161 cm³/mol. The van der Waals surface area contributed by atoms with Crippen LogP contribution >= 0.6 is 22.9 Å². The number of aromatic nitrogens is 2. The van der Waals surface area contributed by atoms with Gasteiger partial charge >= 0.3 is 0 Å². The number of ketones is 1. The van der Waals surface area contributed by atoms with Gasteiger partial charge in [-0.25, -0.2) is 13.4 Å². The Hall–Kier alpha value is -3.05. The molecule has 1 aliphatic heterocycles. The summed E-state index contributed by atoms with van der Waals surface area (Å²) in [6.07, 6.45) is 6.47. The molecule has 4 aromatic rings. The Bertz CT molecular complexity index is 1660. The Morgan fingerprint density at radius 2 is 1.80 bits per heavy atom. The molecule has 0 saturated carbocycles. The maximum absolute atomic E-state index is 13.2. The summed E-state index contributed by atoms with van der Waals surface area (Å²) in [6.45, 7) is 4.36. The first-order valence-corrected chi connectivity index (χ1v) is 16.2. The van der Waals surface area contributed by atoms with Crippen LogP contribution in [0.4, 0.5) is 5.69 Å². The van der Waals surface area contributed by atoms with Gasteiger partial charge in [-0.1, -0.05) is 30.2 Å². The number of sulfone groups is 1. The molecule has 5 rings (SSSR count). The molecule has 1 saturated heterocycles. The first kappa shape index (κ1) is 28.5. The summed E-state index contributed by atoms with van der Waals surface area (Å²) in [5.41, 5.74) is 2.64. The van der Waals surface area contributed by atoms with E-state index in [2.05, 4.69) is 15.2 Å². The molecule has 2 aromatic carbocycles. The fourth-order valence-electron chi connectivity index (χ4n) is 4.93. The molecule has 0 atom stereocenters. The summed E-state index contributed by atoms with van der Waals surface area (Å²) in [5.74, 6) is -1.01. The number of likely N-dealkylation sites (tertiary alicyclic amines) is 1. The van der Waals surface area contributed by atoms with Crippen LogP contribution in [0.2, 0.25) is 4.34 Å². The number of rotatable bonds is 11. The van der Waals surface area contributed by atoms with Crippen LogP contribution in [0, 0.1) is 0 Å². The third-order valence-corrected chi connectivity index (χ3v) is 10.5. The molecule has 0 amide bonds. The molecule has 0 unspecified atom stereocenters. The van der Waals surface area contributed by atoms with E-state index in [4.69, 9.17) is 11.6 Å². The molecule has 40 heavy (non-hydrogen) atoms. The second kappa shape index (κ2) is 12.6. The average molecular weight is 599 g/mol. The monoisotopic (exact) mass is 598 g/mol. The second-order valence-electron chi connectivity index (χ2n) is 10.0. The van der Waals surface area contributed by atoms with Crippen molar-refractivity contribution < 1.29 is 13.2 Å². The van der Waals surface area contributed by atoms with Crippen molar-refractivity contribution in [1.29, 1.82) is 0 Å². The maximum Gasteiger partial charge on any atom is 0.265 e. The quantitative estimate of drug-likeness (QED) is 0.243. The molecule has 3 heterocycles. The highest BCUT2D eigenvalue weighted by atomic mass is 35.5. The van der Waals surface area contributed by atoms with Crippen LogP contribution in [-0.4, -0.2) is 60.6 Å². The molecule has 210 valence electrons. The number of halogens is 1. The number of hydrogen-bond acceptors (Lipinski definition) is 8. The van der Waals surface area contributed by atoms with E-state index in [-0.39, 0.29) is 16.2 Å². The van der Waals surface area contributed by atoms with Crippen LogP contribution in [-0.2, 0) is 21.1 Å². The zero-order valence-electron chi connectivity index (χ0n) is 22.0. The van der Waals surface area contributed by atoms with Crippen molar-refractivity contribution in [2.45, 2.75) is 36.3 Å². The minimum absolute atomic E-state index is 0.0305. The largest absolute Gasteiger partial charge is 0.385 e. The van der Waals surface area contributed by atoms with Gasteiger partial charge in [-0.3, -0.25) is 14.2 Å². The molecule has 8 nitrogen and oxygen atoms in total. The van der Waals surface area contributed by atoms with Crippen LogP contribution in [0.5, 0.6) is 0 Å². The van der Waals surface area contributed by atoms with E-state index in [0.717, 1.165) is 36.5 Å². The minimum atomic E-state index is -3.73. The number of anilines is 1. The van der Waals surface area contributed by atoms with Crippen LogP contribution in [0.15, 0.2) is 69.9 Å². The highest BCUT2D eigenvalue weighted by molar-refractivity contribution is 7.94. The highest BCUT2D eigenvalue weighted by Crippen LogP contribution is 2.26. The molecule has 1 aliphatic rings. The number of fused-ring (bicyclic) bond motifs is 1. The molecular formula is C29H31ClN4O4S2. The van der Waals surface area contributed by atoms with Crippen LogP contribution in [0.3, 0.4) is 0 Å². The van der Waals surface area contributed by atoms with Gasteiger partial charge in [0.05, 0.1) is 20.9 Å². The lowest BCUT2D eigenvalue weighted by Crippen LogP contribution is -2.31. The minimum Gasteiger partial charge on any atom is -0.385 e. The standard InChI is InChI=1S/C29H31ClN4O4S2/c30-27-11-12-28(39-27)40(37,38)19-24(35)17-21-5-8-23(9-6-21)34-20-32-26-18-22(7-10-25(26)29(34)36)31-13-4-16-33-14-2-1-3-15-33/h5-12,18,20,31H,1-4,13-17,19H2. The lowest BCUT2D eigenvalue weighted by molar-refractivity contribution is -0.116. The van der Waals surface area contributed by atoms with Gasteiger partial charge in [0.1, 0.15) is 16.3 Å². The number of Topliss-reactive ketones (excluding diaryl/α,β-unsaturated/α-hetero) is 1. The SMILES string of the molecule is O=C(Cc1ccc(-n2cnc3cc(NCCCN4CCCCC4)ccc3c2=O)cc1)CS(=O)(=O)c1ccc(Cl)s1. The normalized spacial score (nSPS) is 14.4. The topological polar surface area (TPSA) is 101 Å². The van der Waals surface area contributed by atoms with Gasteiger partial charge in [0.2, 0.25) is 0 Å². The van der Waals surface area contributed by atoms with Crippen LogP contribution in [0.1, 0.15) is 31.2 Å². The van der Waals surface area contributed by atoms with E-state index in [0.29, 0.717) is 26.5 Å². The Labute approximate surface area is 242 Å². The molecule has 0 bridgehead atoms. The Balaban J connectivity index is 1.20. The average Bonchev–Trinajstić information content (AvgIpc) is 3.39. The summed E-state index contributed by atoms with van der Waals surface area (Å²) in [7, 11) is -3.73.